The molecule has 2 bridgehead atoms. The molecule has 0 radical (unpaired) electrons. The van der Waals surface area contributed by atoms with Crippen LogP contribution in [0.3, 0.4) is 0 Å². The highest BCUT2D eigenvalue weighted by Gasteiger charge is 2.20. The van der Waals surface area contributed by atoms with Crippen molar-refractivity contribution < 1.29 is 14.2 Å². The largest absolute Gasteiger partial charge is 0.475 e. The summed E-state index contributed by atoms with van der Waals surface area (Å²) in [5, 5.41) is 0. The predicted octanol–water partition coefficient (Wildman–Crippen LogP) is 4.37. The zero-order valence-electron chi connectivity index (χ0n) is 17.7. The molecule has 1 aromatic carbocycles. The van der Waals surface area contributed by atoms with Crippen LogP contribution in [0.15, 0.2) is 24.3 Å². The number of hydrogen-bond acceptors (Lipinski definition) is 5. The molecule has 0 saturated heterocycles. The van der Waals surface area contributed by atoms with Gasteiger partial charge in [0.1, 0.15) is 11.5 Å². The average molecular weight is 379 g/mol. The highest BCUT2D eigenvalue weighted by atomic mass is 16.5. The first-order valence-corrected chi connectivity index (χ1v) is 10.7. The standard InChI is InChI=1S/C22H38N2O3/c1-5-23(6-2)21-14-10-16-25-17-11-15-22(24(7-3)8-4)27-20-13-9-12-19(18-20)26-21/h9,12-13,18,21-22H,5-8,10-11,14-17H2,1-4H3. The van der Waals surface area contributed by atoms with Crippen LogP contribution in [-0.4, -0.2) is 61.6 Å². The molecule has 0 saturated carbocycles. The van der Waals surface area contributed by atoms with Crippen LogP contribution in [0, 0.1) is 0 Å². The molecule has 2 atom stereocenters. The molecule has 1 aliphatic rings. The van der Waals surface area contributed by atoms with Gasteiger partial charge in [0, 0.05) is 32.1 Å². The maximum absolute atomic E-state index is 6.37. The Morgan fingerprint density at radius 3 is 1.63 bits per heavy atom. The van der Waals surface area contributed by atoms with Gasteiger partial charge < -0.3 is 14.2 Å². The molecule has 2 rings (SSSR count). The summed E-state index contributed by atoms with van der Waals surface area (Å²) < 4.78 is 18.6. The summed E-state index contributed by atoms with van der Waals surface area (Å²) in [6.45, 7) is 14.2. The maximum Gasteiger partial charge on any atom is 0.152 e. The van der Waals surface area contributed by atoms with E-state index in [1.165, 1.54) is 0 Å². The molecular formula is C22H38N2O3. The van der Waals surface area contributed by atoms with Gasteiger partial charge in [0.25, 0.3) is 0 Å². The second-order valence-electron chi connectivity index (χ2n) is 6.96. The Morgan fingerprint density at radius 1 is 0.778 bits per heavy atom. The van der Waals surface area contributed by atoms with Crippen molar-refractivity contribution in [2.24, 2.45) is 0 Å². The van der Waals surface area contributed by atoms with Crippen LogP contribution in [0.4, 0.5) is 0 Å². The lowest BCUT2D eigenvalue weighted by Crippen LogP contribution is -2.40. The van der Waals surface area contributed by atoms with E-state index in [4.69, 9.17) is 14.2 Å². The summed E-state index contributed by atoms with van der Waals surface area (Å²) in [7, 11) is 0. The maximum atomic E-state index is 6.37. The van der Waals surface area contributed by atoms with Crippen molar-refractivity contribution in [2.45, 2.75) is 65.8 Å². The fourth-order valence-electron chi connectivity index (χ4n) is 3.65. The van der Waals surface area contributed by atoms with E-state index in [9.17, 15) is 0 Å². The molecule has 1 aromatic rings. The zero-order chi connectivity index (χ0) is 19.5. The number of fused-ring (bicyclic) bond motifs is 2. The van der Waals surface area contributed by atoms with Gasteiger partial charge in [-0.05, 0) is 51.2 Å². The average Bonchev–Trinajstić information content (AvgIpc) is 2.68. The minimum atomic E-state index is 0.0698. The SMILES string of the molecule is CCN(CC)C1CCCOCCCC(N(CC)CC)Oc2cccc(c2)O1. The minimum Gasteiger partial charge on any atom is -0.475 e. The molecule has 0 aromatic heterocycles. The van der Waals surface area contributed by atoms with Gasteiger partial charge in [-0.2, -0.15) is 0 Å². The van der Waals surface area contributed by atoms with E-state index < -0.39 is 0 Å². The van der Waals surface area contributed by atoms with E-state index in [2.05, 4.69) is 37.5 Å². The van der Waals surface area contributed by atoms with E-state index in [-0.39, 0.29) is 12.5 Å². The molecule has 2 unspecified atom stereocenters. The Hall–Kier alpha value is -1.30. The molecule has 154 valence electrons. The van der Waals surface area contributed by atoms with E-state index in [1.54, 1.807) is 0 Å². The van der Waals surface area contributed by atoms with Crippen LogP contribution in [0.5, 0.6) is 11.5 Å². The molecular weight excluding hydrogens is 340 g/mol. The number of hydrogen-bond donors (Lipinski definition) is 0. The summed E-state index contributed by atoms with van der Waals surface area (Å²) in [5.74, 6) is 1.75. The molecule has 0 fully saturated rings. The van der Waals surface area contributed by atoms with Crippen LogP contribution in [0.2, 0.25) is 0 Å². The number of nitrogens with zero attached hydrogens (tertiary/aromatic N) is 2. The first-order valence-electron chi connectivity index (χ1n) is 10.7. The van der Waals surface area contributed by atoms with Gasteiger partial charge in [-0.25, -0.2) is 0 Å². The van der Waals surface area contributed by atoms with E-state index in [1.807, 2.05) is 24.3 Å². The monoisotopic (exact) mass is 378 g/mol. The Balaban J connectivity index is 2.20. The van der Waals surface area contributed by atoms with Crippen molar-refractivity contribution >= 4 is 0 Å². The fourth-order valence-corrected chi connectivity index (χ4v) is 3.65. The van der Waals surface area contributed by atoms with Crippen LogP contribution < -0.4 is 9.47 Å². The summed E-state index contributed by atoms with van der Waals surface area (Å²) >= 11 is 0. The Morgan fingerprint density at radius 2 is 1.22 bits per heavy atom. The van der Waals surface area contributed by atoms with Gasteiger partial charge in [0.05, 0.1) is 0 Å². The summed E-state index contributed by atoms with van der Waals surface area (Å²) in [4.78, 5) is 4.72. The van der Waals surface area contributed by atoms with Gasteiger partial charge in [-0.3, -0.25) is 9.80 Å². The van der Waals surface area contributed by atoms with Crippen molar-refractivity contribution in [1.82, 2.24) is 9.80 Å². The van der Waals surface area contributed by atoms with Gasteiger partial charge in [-0.1, -0.05) is 33.8 Å². The quantitative estimate of drug-likeness (QED) is 0.734. The van der Waals surface area contributed by atoms with Crippen molar-refractivity contribution in [1.29, 1.82) is 0 Å². The van der Waals surface area contributed by atoms with Gasteiger partial charge in [-0.15, -0.1) is 0 Å². The summed E-state index contributed by atoms with van der Waals surface area (Å²) in [6, 6.07) is 8.11. The molecule has 0 amide bonds. The minimum absolute atomic E-state index is 0.0698. The number of rotatable bonds is 6. The van der Waals surface area contributed by atoms with Crippen LogP contribution >= 0.6 is 0 Å². The molecule has 0 N–H and O–H groups in total. The first-order chi connectivity index (χ1) is 13.2. The molecule has 1 heterocycles. The lowest BCUT2D eigenvalue weighted by molar-refractivity contribution is 0.00429. The molecule has 5 nitrogen and oxygen atoms in total. The van der Waals surface area contributed by atoms with Crippen molar-refractivity contribution in [3.63, 3.8) is 0 Å². The summed E-state index contributed by atoms with van der Waals surface area (Å²) in [5.41, 5.74) is 0. The van der Waals surface area contributed by atoms with Gasteiger partial charge >= 0.3 is 0 Å². The number of ether oxygens (including phenoxy) is 3. The third-order valence-electron chi connectivity index (χ3n) is 5.27. The number of benzene rings is 1. The molecule has 5 heteroatoms. The lowest BCUT2D eigenvalue weighted by Gasteiger charge is -2.32. The topological polar surface area (TPSA) is 34.2 Å². The third-order valence-corrected chi connectivity index (χ3v) is 5.27. The zero-order valence-corrected chi connectivity index (χ0v) is 17.7. The molecule has 0 aliphatic carbocycles. The normalized spacial score (nSPS) is 22.1. The molecule has 1 aliphatic heterocycles. The second kappa shape index (κ2) is 12.2. The van der Waals surface area contributed by atoms with E-state index >= 15 is 0 Å². The Kier molecular flexibility index (Phi) is 9.95. The van der Waals surface area contributed by atoms with Crippen molar-refractivity contribution in [3.8, 4) is 11.5 Å². The van der Waals surface area contributed by atoms with Crippen LogP contribution in [0.25, 0.3) is 0 Å². The van der Waals surface area contributed by atoms with Crippen molar-refractivity contribution in [2.75, 3.05) is 39.4 Å². The first kappa shape index (κ1) is 22.0. The van der Waals surface area contributed by atoms with Crippen LogP contribution in [-0.2, 0) is 4.74 Å². The van der Waals surface area contributed by atoms with Gasteiger partial charge in [0.2, 0.25) is 0 Å². The van der Waals surface area contributed by atoms with Gasteiger partial charge in [0.15, 0.2) is 12.5 Å². The van der Waals surface area contributed by atoms with E-state index in [0.717, 1.165) is 76.6 Å². The highest BCUT2D eigenvalue weighted by Crippen LogP contribution is 2.25. The van der Waals surface area contributed by atoms with Crippen molar-refractivity contribution in [3.05, 3.63) is 24.3 Å². The summed E-state index contributed by atoms with van der Waals surface area (Å²) in [6.07, 6.45) is 4.10. The third kappa shape index (κ3) is 6.98. The molecule has 27 heavy (non-hydrogen) atoms. The Labute approximate surface area is 165 Å². The highest BCUT2D eigenvalue weighted by molar-refractivity contribution is 5.33. The second-order valence-corrected chi connectivity index (χ2v) is 6.96. The molecule has 0 spiro atoms. The smallest absolute Gasteiger partial charge is 0.152 e. The van der Waals surface area contributed by atoms with Crippen LogP contribution in [0.1, 0.15) is 53.4 Å². The Bertz CT molecular complexity index is 477. The van der Waals surface area contributed by atoms with E-state index in [0.29, 0.717) is 0 Å². The fraction of sp³-hybridized carbons (Fsp3) is 0.727. The lowest BCUT2D eigenvalue weighted by atomic mass is 10.2. The predicted molar refractivity (Wildman–Crippen MR) is 110 cm³/mol.